The molecule has 5 nitrogen and oxygen atoms in total. The Hall–Kier alpha value is -2.73. The molecule has 1 saturated heterocycles. The number of piperidine rings is 1. The summed E-state index contributed by atoms with van der Waals surface area (Å²) < 4.78 is 13.5. The van der Waals surface area contributed by atoms with Gasteiger partial charge in [-0.2, -0.15) is 0 Å². The Morgan fingerprint density at radius 2 is 1.73 bits per heavy atom. The number of hydrogen-bond acceptors (Lipinski definition) is 3. The lowest BCUT2D eigenvalue weighted by atomic mass is 9.67. The summed E-state index contributed by atoms with van der Waals surface area (Å²) in [5, 5.41) is 6.13. The number of carbonyl (C=O) groups excluding carboxylic acids is 2. The van der Waals surface area contributed by atoms with E-state index in [0.717, 1.165) is 75.8 Å². The molecule has 1 aliphatic carbocycles. The maximum Gasteiger partial charge on any atom is 0.224 e. The zero-order valence-corrected chi connectivity index (χ0v) is 22.2. The van der Waals surface area contributed by atoms with E-state index in [1.807, 2.05) is 31.2 Å². The van der Waals surface area contributed by atoms with E-state index < -0.39 is 0 Å². The van der Waals surface area contributed by atoms with Gasteiger partial charge in [0.15, 0.2) is 0 Å². The van der Waals surface area contributed by atoms with E-state index in [1.165, 1.54) is 24.1 Å². The highest BCUT2D eigenvalue weighted by Gasteiger charge is 2.36. The van der Waals surface area contributed by atoms with Crippen molar-refractivity contribution in [2.24, 2.45) is 0 Å². The van der Waals surface area contributed by atoms with E-state index in [0.29, 0.717) is 25.3 Å². The number of likely N-dealkylation sites (tertiary alicyclic amines) is 1. The maximum atomic E-state index is 13.5. The smallest absolute Gasteiger partial charge is 0.224 e. The van der Waals surface area contributed by atoms with Crippen LogP contribution in [0.2, 0.25) is 0 Å². The summed E-state index contributed by atoms with van der Waals surface area (Å²) >= 11 is 0. The van der Waals surface area contributed by atoms with Crippen LogP contribution < -0.4 is 10.6 Å². The molecule has 1 saturated carbocycles. The molecule has 200 valence electrons. The minimum atomic E-state index is -0.225. The number of benzene rings is 2. The fourth-order valence-electron chi connectivity index (χ4n) is 6.11. The van der Waals surface area contributed by atoms with E-state index >= 15 is 0 Å². The van der Waals surface area contributed by atoms with Crippen molar-refractivity contribution in [2.45, 2.75) is 82.5 Å². The molecular formula is C31H42FN3O2. The van der Waals surface area contributed by atoms with Gasteiger partial charge < -0.3 is 15.5 Å². The number of nitrogens with one attached hydrogen (secondary N) is 2. The molecule has 2 fully saturated rings. The van der Waals surface area contributed by atoms with Crippen molar-refractivity contribution in [3.05, 3.63) is 65.5 Å². The molecule has 6 heteroatoms. The van der Waals surface area contributed by atoms with Crippen LogP contribution in [0.25, 0.3) is 0 Å². The van der Waals surface area contributed by atoms with Crippen LogP contribution in [0.5, 0.6) is 0 Å². The molecule has 0 bridgehead atoms. The van der Waals surface area contributed by atoms with E-state index in [-0.39, 0.29) is 23.0 Å². The zero-order chi connectivity index (χ0) is 26.1. The number of rotatable bonds is 10. The summed E-state index contributed by atoms with van der Waals surface area (Å²) in [6.45, 7) is 5.65. The second-order valence-electron chi connectivity index (χ2n) is 10.9. The molecule has 2 N–H and O–H groups in total. The largest absolute Gasteiger partial charge is 0.356 e. The molecule has 2 aromatic rings. The summed E-state index contributed by atoms with van der Waals surface area (Å²) in [5.41, 5.74) is 3.13. The third-order valence-electron chi connectivity index (χ3n) is 8.29. The fourth-order valence-corrected chi connectivity index (χ4v) is 6.11. The lowest BCUT2D eigenvalue weighted by Crippen LogP contribution is -2.38. The van der Waals surface area contributed by atoms with Crippen molar-refractivity contribution in [1.29, 1.82) is 0 Å². The van der Waals surface area contributed by atoms with Crippen LogP contribution in [0.15, 0.2) is 48.5 Å². The molecule has 2 amide bonds. The van der Waals surface area contributed by atoms with Crippen LogP contribution >= 0.6 is 0 Å². The molecule has 2 aromatic carbocycles. The van der Waals surface area contributed by atoms with Gasteiger partial charge in [-0.05, 0) is 93.0 Å². The molecule has 37 heavy (non-hydrogen) atoms. The first-order valence-corrected chi connectivity index (χ1v) is 14.1. The minimum Gasteiger partial charge on any atom is -0.356 e. The van der Waals surface area contributed by atoms with Crippen LogP contribution in [-0.2, 0) is 15.0 Å². The van der Waals surface area contributed by atoms with Crippen LogP contribution in [0, 0.1) is 5.82 Å². The molecule has 0 aromatic heterocycles. The van der Waals surface area contributed by atoms with Crippen LogP contribution in [0.4, 0.5) is 10.1 Å². The Morgan fingerprint density at radius 1 is 1.00 bits per heavy atom. The van der Waals surface area contributed by atoms with Crippen molar-refractivity contribution in [3.63, 3.8) is 0 Å². The molecule has 1 aliphatic heterocycles. The third-order valence-corrected chi connectivity index (χ3v) is 8.29. The number of anilines is 1. The van der Waals surface area contributed by atoms with Crippen LogP contribution in [0.1, 0.15) is 88.2 Å². The van der Waals surface area contributed by atoms with Gasteiger partial charge in [0, 0.05) is 30.5 Å². The van der Waals surface area contributed by atoms with Gasteiger partial charge in [-0.1, -0.05) is 50.5 Å². The quantitative estimate of drug-likeness (QED) is 0.379. The number of nitrogens with zero attached hydrogens (tertiary/aromatic N) is 1. The predicted molar refractivity (Wildman–Crippen MR) is 147 cm³/mol. The van der Waals surface area contributed by atoms with Gasteiger partial charge in [0.25, 0.3) is 0 Å². The average Bonchev–Trinajstić information content (AvgIpc) is 2.92. The fraction of sp³-hybridized carbons (Fsp3) is 0.548. The Kier molecular flexibility index (Phi) is 9.73. The minimum absolute atomic E-state index is 0.0448. The van der Waals surface area contributed by atoms with Gasteiger partial charge in [0.1, 0.15) is 5.82 Å². The van der Waals surface area contributed by atoms with Gasteiger partial charge in [-0.25, -0.2) is 4.39 Å². The number of hydrogen-bond donors (Lipinski definition) is 2. The number of halogens is 1. The molecule has 2 aliphatic rings. The number of amides is 2. The molecule has 4 rings (SSSR count). The lowest BCUT2D eigenvalue weighted by molar-refractivity contribution is -0.122. The Bertz CT molecular complexity index is 1030. The Morgan fingerprint density at radius 3 is 2.43 bits per heavy atom. The standard InChI is InChI=1S/C31H42FN3O2/c1-2-29(36)34-28-9-6-8-25(22-28)24-14-20-35(21-15-24)19-7-18-33-30(37)23-31(16-4-3-5-17-31)26-10-12-27(32)13-11-26/h6,8-13,22,24H,2-5,7,14-21,23H2,1H3,(H,33,37)(H,34,36). The number of carbonyl (C=O) groups is 2. The molecular weight excluding hydrogens is 465 g/mol. The summed E-state index contributed by atoms with van der Waals surface area (Å²) in [5.74, 6) is 0.452. The zero-order valence-electron chi connectivity index (χ0n) is 22.2. The average molecular weight is 508 g/mol. The molecule has 0 unspecified atom stereocenters. The lowest BCUT2D eigenvalue weighted by Gasteiger charge is -2.37. The first kappa shape index (κ1) is 27.3. The van der Waals surface area contributed by atoms with Gasteiger partial charge in [0.05, 0.1) is 0 Å². The Labute approximate surface area is 221 Å². The molecule has 0 spiro atoms. The first-order chi connectivity index (χ1) is 18.0. The summed E-state index contributed by atoms with van der Waals surface area (Å²) in [6, 6.07) is 15.1. The van der Waals surface area contributed by atoms with Gasteiger partial charge in [0.2, 0.25) is 11.8 Å². The highest BCUT2D eigenvalue weighted by Crippen LogP contribution is 2.42. The summed E-state index contributed by atoms with van der Waals surface area (Å²) in [4.78, 5) is 27.1. The van der Waals surface area contributed by atoms with Crippen molar-refractivity contribution < 1.29 is 14.0 Å². The Balaban J connectivity index is 1.19. The maximum absolute atomic E-state index is 13.5. The predicted octanol–water partition coefficient (Wildman–Crippen LogP) is 6.15. The molecule has 0 radical (unpaired) electrons. The normalized spacial score (nSPS) is 18.3. The summed E-state index contributed by atoms with van der Waals surface area (Å²) in [6.07, 6.45) is 9.58. The SMILES string of the molecule is CCC(=O)Nc1cccc(C2CCN(CCCNC(=O)CC3(c4ccc(F)cc4)CCCCC3)CC2)c1. The van der Waals surface area contributed by atoms with E-state index in [2.05, 4.69) is 27.7 Å². The summed E-state index contributed by atoms with van der Waals surface area (Å²) in [7, 11) is 0. The second-order valence-corrected chi connectivity index (χ2v) is 10.9. The van der Waals surface area contributed by atoms with Gasteiger partial charge in [-0.15, -0.1) is 0 Å². The van der Waals surface area contributed by atoms with Crippen molar-refractivity contribution in [1.82, 2.24) is 10.2 Å². The van der Waals surface area contributed by atoms with Crippen molar-refractivity contribution in [3.8, 4) is 0 Å². The van der Waals surface area contributed by atoms with Gasteiger partial charge in [-0.3, -0.25) is 9.59 Å². The van der Waals surface area contributed by atoms with E-state index in [9.17, 15) is 14.0 Å². The van der Waals surface area contributed by atoms with Crippen molar-refractivity contribution in [2.75, 3.05) is 31.5 Å². The topological polar surface area (TPSA) is 61.4 Å². The monoisotopic (exact) mass is 507 g/mol. The third kappa shape index (κ3) is 7.64. The second kappa shape index (κ2) is 13.2. The first-order valence-electron chi connectivity index (χ1n) is 14.1. The van der Waals surface area contributed by atoms with Crippen LogP contribution in [0.3, 0.4) is 0 Å². The van der Waals surface area contributed by atoms with E-state index in [1.54, 1.807) is 0 Å². The van der Waals surface area contributed by atoms with E-state index in [4.69, 9.17) is 0 Å². The highest BCUT2D eigenvalue weighted by atomic mass is 19.1. The highest BCUT2D eigenvalue weighted by molar-refractivity contribution is 5.90. The molecule has 1 heterocycles. The molecule has 0 atom stereocenters. The van der Waals surface area contributed by atoms with Gasteiger partial charge >= 0.3 is 0 Å². The van der Waals surface area contributed by atoms with Crippen LogP contribution in [-0.4, -0.2) is 42.9 Å². The van der Waals surface area contributed by atoms with Crippen molar-refractivity contribution >= 4 is 17.5 Å².